The minimum Gasteiger partial charge on any atom is -0.381 e. The van der Waals surface area contributed by atoms with Crippen LogP contribution >= 0.6 is 0 Å². The number of allylic oxidation sites excluding steroid dienone is 2. The van der Waals surface area contributed by atoms with Gasteiger partial charge in [-0.3, -0.25) is 9.79 Å². The van der Waals surface area contributed by atoms with Crippen molar-refractivity contribution in [3.63, 3.8) is 0 Å². The molecule has 0 bridgehead atoms. The number of hydrogen-bond acceptors (Lipinski definition) is 6. The Labute approximate surface area is 283 Å². The van der Waals surface area contributed by atoms with Gasteiger partial charge in [-0.05, 0) is 105 Å². The van der Waals surface area contributed by atoms with Gasteiger partial charge in [0.15, 0.2) is 5.78 Å². The van der Waals surface area contributed by atoms with Gasteiger partial charge in [-0.25, -0.2) is 4.39 Å². The highest BCUT2D eigenvalue weighted by atomic mass is 19.1. The Hall–Kier alpha value is -2.87. The lowest BCUT2D eigenvalue weighted by molar-refractivity contribution is -0.116. The maximum Gasteiger partial charge on any atom is 0.160 e. The van der Waals surface area contributed by atoms with Gasteiger partial charge < -0.3 is 19.9 Å². The van der Waals surface area contributed by atoms with Crippen molar-refractivity contribution in [3.05, 3.63) is 82.5 Å². The summed E-state index contributed by atoms with van der Waals surface area (Å²) in [5.41, 5.74) is 6.06. The Kier molecular flexibility index (Phi) is 14.6. The SMILES string of the molecule is C=NC1=CC(c2cc(CN[C@H]3CCCN(CCC(=C)C(=O)CCOCCC)CC3)ccc2F)CC=C1N1CC(C)C=C(CC)C(C)C1. The molecule has 0 spiro atoms. The van der Waals surface area contributed by atoms with Crippen LogP contribution in [0.5, 0.6) is 0 Å². The highest BCUT2D eigenvalue weighted by Crippen LogP contribution is 2.36. The number of Topliss-reactive ketones (excluding diaryl/α,β-unsaturated/α-hetero) is 1. The first kappa shape index (κ1) is 37.0. The third-order valence-corrected chi connectivity index (χ3v) is 10.1. The molecular weight excluding hydrogens is 587 g/mol. The maximum atomic E-state index is 15.3. The molecule has 4 atom stereocenters. The largest absolute Gasteiger partial charge is 0.381 e. The number of benzene rings is 1. The Bertz CT molecular complexity index is 1320. The number of aliphatic imine (C=N–C) groups is 1. The van der Waals surface area contributed by atoms with Gasteiger partial charge in [-0.1, -0.05) is 64.1 Å². The van der Waals surface area contributed by atoms with Crippen molar-refractivity contribution >= 4 is 12.5 Å². The number of ketones is 1. The Balaban J connectivity index is 1.29. The van der Waals surface area contributed by atoms with E-state index in [-0.39, 0.29) is 17.5 Å². The molecule has 2 heterocycles. The fourth-order valence-electron chi connectivity index (χ4n) is 7.30. The van der Waals surface area contributed by atoms with E-state index < -0.39 is 0 Å². The number of nitrogens with zero attached hydrogens (tertiary/aromatic N) is 3. The summed E-state index contributed by atoms with van der Waals surface area (Å²) in [4.78, 5) is 21.7. The molecule has 47 heavy (non-hydrogen) atoms. The van der Waals surface area contributed by atoms with Gasteiger partial charge in [0.25, 0.3) is 0 Å². The van der Waals surface area contributed by atoms with Crippen LogP contribution in [0.3, 0.4) is 0 Å². The topological polar surface area (TPSA) is 57.2 Å². The minimum atomic E-state index is -0.164. The number of carbonyl (C=O) groups is 1. The lowest BCUT2D eigenvalue weighted by Crippen LogP contribution is -2.31. The summed E-state index contributed by atoms with van der Waals surface area (Å²) in [6.45, 7) is 23.6. The normalized spacial score (nSPS) is 24.1. The van der Waals surface area contributed by atoms with Crippen molar-refractivity contribution in [3.8, 4) is 0 Å². The molecule has 3 unspecified atom stereocenters. The first-order chi connectivity index (χ1) is 22.7. The predicted octanol–water partition coefficient (Wildman–Crippen LogP) is 7.98. The van der Waals surface area contributed by atoms with Crippen LogP contribution in [0.4, 0.5) is 4.39 Å². The van der Waals surface area contributed by atoms with E-state index in [1.165, 1.54) is 5.57 Å². The van der Waals surface area contributed by atoms with Crippen molar-refractivity contribution in [1.29, 1.82) is 0 Å². The molecule has 0 saturated carbocycles. The Morgan fingerprint density at radius 3 is 2.70 bits per heavy atom. The van der Waals surface area contributed by atoms with Crippen LogP contribution in [0.1, 0.15) is 96.1 Å². The fraction of sp³-hybridized carbons (Fsp3) is 0.600. The highest BCUT2D eigenvalue weighted by molar-refractivity contribution is 5.94. The van der Waals surface area contributed by atoms with E-state index in [9.17, 15) is 4.79 Å². The van der Waals surface area contributed by atoms with Crippen LogP contribution in [0.25, 0.3) is 0 Å². The third-order valence-electron chi connectivity index (χ3n) is 10.1. The fourth-order valence-corrected chi connectivity index (χ4v) is 7.30. The lowest BCUT2D eigenvalue weighted by Gasteiger charge is -2.32. The van der Waals surface area contributed by atoms with Crippen molar-refractivity contribution in [2.75, 3.05) is 45.9 Å². The molecule has 7 heteroatoms. The highest BCUT2D eigenvalue weighted by Gasteiger charge is 2.27. The zero-order valence-electron chi connectivity index (χ0n) is 29.5. The molecule has 0 radical (unpaired) electrons. The molecule has 1 aromatic carbocycles. The van der Waals surface area contributed by atoms with E-state index >= 15 is 4.39 Å². The van der Waals surface area contributed by atoms with Gasteiger partial charge in [0, 0.05) is 51.2 Å². The van der Waals surface area contributed by atoms with E-state index in [4.69, 9.17) is 4.74 Å². The number of hydrogen-bond donors (Lipinski definition) is 1. The maximum absolute atomic E-state index is 15.3. The first-order valence-electron chi connectivity index (χ1n) is 18.1. The zero-order chi connectivity index (χ0) is 33.8. The van der Waals surface area contributed by atoms with Crippen molar-refractivity contribution in [1.82, 2.24) is 15.1 Å². The quantitative estimate of drug-likeness (QED) is 0.0854. The molecule has 1 aromatic rings. The lowest BCUT2D eigenvalue weighted by atomic mass is 9.88. The Morgan fingerprint density at radius 1 is 1.11 bits per heavy atom. The molecule has 1 N–H and O–H groups in total. The van der Waals surface area contributed by atoms with Gasteiger partial charge in [-0.2, -0.15) is 0 Å². The summed E-state index contributed by atoms with van der Waals surface area (Å²) >= 11 is 0. The minimum absolute atomic E-state index is 0.0673. The standard InChI is InChI=1S/C40H59FN4O2/c1-7-21-47-22-17-40(46)30(4)15-19-44-18-9-10-35(16-20-44)43-26-32-11-13-37(41)36(24-32)34-12-14-39(38(25-34)42-6)45-27-29(3)23-33(8-2)31(5)28-45/h11,13-14,23-25,29,31,34-35,43H,4,6-10,12,15-22,26-28H2,1-3,5H3/t29?,31?,34?,35-/m0/s1. The average Bonchev–Trinajstić information content (AvgIpc) is 3.39. The van der Waals surface area contributed by atoms with E-state index in [0.717, 1.165) is 93.8 Å². The van der Waals surface area contributed by atoms with E-state index in [1.54, 1.807) is 6.07 Å². The van der Waals surface area contributed by atoms with Gasteiger partial charge >= 0.3 is 0 Å². The number of rotatable bonds is 16. The van der Waals surface area contributed by atoms with Crippen LogP contribution in [0, 0.1) is 17.7 Å². The number of ether oxygens (including phenoxy) is 1. The van der Waals surface area contributed by atoms with Crippen molar-refractivity contribution < 1.29 is 13.9 Å². The summed E-state index contributed by atoms with van der Waals surface area (Å²) in [5.74, 6) is 0.847. The van der Waals surface area contributed by atoms with Crippen LogP contribution < -0.4 is 5.32 Å². The van der Waals surface area contributed by atoms with E-state index in [1.807, 2.05) is 12.1 Å². The molecule has 1 aliphatic carbocycles. The molecule has 258 valence electrons. The number of nitrogens with one attached hydrogen (secondary N) is 1. The second-order valence-corrected chi connectivity index (χ2v) is 13.9. The second kappa shape index (κ2) is 18.6. The van der Waals surface area contributed by atoms with E-state index in [2.05, 4.69) is 79.3 Å². The van der Waals surface area contributed by atoms with Gasteiger partial charge in [0.05, 0.1) is 18.0 Å². The molecule has 3 aliphatic rings. The molecule has 1 fully saturated rings. The number of carbonyl (C=O) groups excluding carboxylic acids is 1. The summed E-state index contributed by atoms with van der Waals surface area (Å²) < 4.78 is 20.7. The van der Waals surface area contributed by atoms with Crippen LogP contribution in [0.2, 0.25) is 0 Å². The van der Waals surface area contributed by atoms with E-state index in [0.29, 0.717) is 56.1 Å². The summed E-state index contributed by atoms with van der Waals surface area (Å²) in [5, 5.41) is 3.75. The second-order valence-electron chi connectivity index (χ2n) is 13.9. The molecule has 0 amide bonds. The molecule has 1 saturated heterocycles. The predicted molar refractivity (Wildman–Crippen MR) is 193 cm³/mol. The third kappa shape index (κ3) is 10.8. The molecule has 6 nitrogen and oxygen atoms in total. The molecule has 0 aromatic heterocycles. The number of halogens is 1. The summed E-state index contributed by atoms with van der Waals surface area (Å²) in [7, 11) is 0. The van der Waals surface area contributed by atoms with Crippen LogP contribution in [-0.2, 0) is 16.1 Å². The van der Waals surface area contributed by atoms with Crippen molar-refractivity contribution in [2.24, 2.45) is 16.8 Å². The summed E-state index contributed by atoms with van der Waals surface area (Å²) in [6, 6.07) is 5.97. The zero-order valence-corrected chi connectivity index (χ0v) is 29.5. The van der Waals surface area contributed by atoms with Gasteiger partial charge in [0.1, 0.15) is 5.82 Å². The van der Waals surface area contributed by atoms with Crippen LogP contribution in [-0.4, -0.2) is 74.3 Å². The first-order valence-corrected chi connectivity index (χ1v) is 18.1. The molecule has 2 aliphatic heterocycles. The smallest absolute Gasteiger partial charge is 0.160 e. The monoisotopic (exact) mass is 646 g/mol. The molecule has 4 rings (SSSR count). The number of likely N-dealkylation sites (tertiary alicyclic amines) is 1. The average molecular weight is 647 g/mol. The summed E-state index contributed by atoms with van der Waals surface area (Å²) in [6.07, 6.45) is 14.0. The molecular formula is C40H59FN4O2. The Morgan fingerprint density at radius 2 is 1.94 bits per heavy atom. The van der Waals surface area contributed by atoms with Crippen molar-refractivity contribution in [2.45, 2.75) is 97.6 Å². The van der Waals surface area contributed by atoms with Gasteiger partial charge in [0.2, 0.25) is 0 Å². The van der Waals surface area contributed by atoms with Crippen LogP contribution in [0.15, 0.2) is 70.5 Å². The van der Waals surface area contributed by atoms with Gasteiger partial charge in [-0.15, -0.1) is 0 Å².